The summed E-state index contributed by atoms with van der Waals surface area (Å²) in [6.07, 6.45) is 0.917. The molecule has 0 spiro atoms. The molecular weight excluding hydrogens is 271 g/mol. The first kappa shape index (κ1) is 14.2. The molecule has 2 rings (SSSR count). The molecule has 106 valence electrons. The molecule has 1 heterocycles. The molecule has 0 bridgehead atoms. The van der Waals surface area contributed by atoms with Crippen molar-refractivity contribution >= 4 is 9.84 Å². The highest BCUT2D eigenvalue weighted by molar-refractivity contribution is 7.90. The first-order chi connectivity index (χ1) is 8.89. The highest BCUT2D eigenvalue weighted by atomic mass is 32.2. The van der Waals surface area contributed by atoms with E-state index in [-0.39, 0.29) is 0 Å². The molecule has 7 heteroatoms. The highest BCUT2D eigenvalue weighted by Gasteiger charge is 2.21. The van der Waals surface area contributed by atoms with Crippen LogP contribution in [-0.2, 0) is 16.4 Å². The van der Waals surface area contributed by atoms with E-state index in [1.54, 1.807) is 0 Å². The van der Waals surface area contributed by atoms with Gasteiger partial charge in [-0.15, -0.1) is 0 Å². The number of benzene rings is 1. The Morgan fingerprint density at radius 3 is 2.58 bits per heavy atom. The van der Waals surface area contributed by atoms with Gasteiger partial charge in [-0.2, -0.15) is 0 Å². The number of hydrogen-bond donors (Lipinski definition) is 2. The summed E-state index contributed by atoms with van der Waals surface area (Å²) in [6, 6.07) is 2.68. The van der Waals surface area contributed by atoms with Crippen molar-refractivity contribution < 1.29 is 17.9 Å². The minimum Gasteiger partial charge on any atom is -0.505 e. The van der Waals surface area contributed by atoms with Crippen LogP contribution in [-0.4, -0.2) is 50.9 Å². The Hall–Kier alpha value is -1.18. The monoisotopic (exact) mass is 288 g/mol. The number of phenolic OH excluding ortho intramolecular Hbond substituents is 1. The third-order valence-electron chi connectivity index (χ3n) is 3.17. The topological polar surface area (TPSA) is 69.6 Å². The van der Waals surface area contributed by atoms with Gasteiger partial charge in [0.1, 0.15) is 4.90 Å². The fourth-order valence-electron chi connectivity index (χ4n) is 2.11. The molecule has 1 aromatic carbocycles. The van der Waals surface area contributed by atoms with Gasteiger partial charge in [0.05, 0.1) is 0 Å². The minimum absolute atomic E-state index is 0.409. The summed E-state index contributed by atoms with van der Waals surface area (Å²) in [7, 11) is -3.66. The molecule has 0 aromatic heterocycles. The molecule has 5 nitrogen and oxygen atoms in total. The fourth-order valence-corrected chi connectivity index (χ4v) is 2.85. The zero-order valence-electron chi connectivity index (χ0n) is 10.7. The van der Waals surface area contributed by atoms with Crippen molar-refractivity contribution in [3.63, 3.8) is 0 Å². The smallest absolute Gasteiger partial charge is 0.183 e. The fraction of sp³-hybridized carbons (Fsp3) is 0.500. The Balaban J connectivity index is 2.26. The number of aromatic hydroxyl groups is 1. The van der Waals surface area contributed by atoms with Crippen LogP contribution in [0.3, 0.4) is 0 Å². The van der Waals surface area contributed by atoms with Gasteiger partial charge in [-0.1, -0.05) is 6.07 Å². The number of rotatable bonds is 3. The number of nitrogens with one attached hydrogen (secondary N) is 1. The first-order valence-corrected chi connectivity index (χ1v) is 7.92. The lowest BCUT2D eigenvalue weighted by Crippen LogP contribution is -2.42. The Morgan fingerprint density at radius 2 is 2.00 bits per heavy atom. The summed E-state index contributed by atoms with van der Waals surface area (Å²) in [6.45, 7) is 3.74. The number of phenols is 1. The highest BCUT2D eigenvalue weighted by Crippen LogP contribution is 2.28. The molecule has 0 amide bonds. The van der Waals surface area contributed by atoms with Crippen LogP contribution < -0.4 is 5.32 Å². The summed E-state index contributed by atoms with van der Waals surface area (Å²) in [4.78, 5) is 1.61. The first-order valence-electron chi connectivity index (χ1n) is 6.03. The van der Waals surface area contributed by atoms with Crippen LogP contribution in [0.5, 0.6) is 5.75 Å². The maximum absolute atomic E-state index is 13.9. The van der Waals surface area contributed by atoms with E-state index in [0.717, 1.165) is 32.4 Å². The summed E-state index contributed by atoms with van der Waals surface area (Å²) in [5.74, 6) is -1.63. The van der Waals surface area contributed by atoms with Crippen LogP contribution in [0.2, 0.25) is 0 Å². The predicted octanol–water partition coefficient (Wildman–Crippen LogP) is 0.340. The van der Waals surface area contributed by atoms with Crippen LogP contribution >= 0.6 is 0 Å². The molecule has 2 N–H and O–H groups in total. The molecule has 0 aliphatic carbocycles. The van der Waals surface area contributed by atoms with Gasteiger partial charge < -0.3 is 10.4 Å². The third kappa shape index (κ3) is 3.23. The average molecular weight is 288 g/mol. The summed E-state index contributed by atoms with van der Waals surface area (Å²) in [5, 5.41) is 13.0. The van der Waals surface area contributed by atoms with Gasteiger partial charge in [0.2, 0.25) is 0 Å². The Kier molecular flexibility index (Phi) is 4.07. The second-order valence-corrected chi connectivity index (χ2v) is 6.67. The lowest BCUT2D eigenvalue weighted by molar-refractivity contribution is 0.229. The van der Waals surface area contributed by atoms with Crippen molar-refractivity contribution in [3.8, 4) is 5.75 Å². The number of piperazine rings is 1. The molecule has 1 aliphatic heterocycles. The van der Waals surface area contributed by atoms with Crippen molar-refractivity contribution in [3.05, 3.63) is 23.5 Å². The number of sulfone groups is 1. The third-order valence-corrected chi connectivity index (χ3v) is 4.28. The van der Waals surface area contributed by atoms with Gasteiger partial charge in [0.15, 0.2) is 21.4 Å². The van der Waals surface area contributed by atoms with Crippen molar-refractivity contribution in [1.82, 2.24) is 10.2 Å². The molecular formula is C12H17FN2O3S. The Labute approximate surface area is 112 Å². The average Bonchev–Trinajstić information content (AvgIpc) is 2.35. The second kappa shape index (κ2) is 5.44. The lowest BCUT2D eigenvalue weighted by Gasteiger charge is -2.27. The SMILES string of the molecule is CS(=O)(=O)c1ccc(CN2CCNCC2)c(O)c1F. The number of halogens is 1. The van der Waals surface area contributed by atoms with E-state index >= 15 is 0 Å². The Morgan fingerprint density at radius 1 is 1.37 bits per heavy atom. The standard InChI is InChI=1S/C12H17FN2O3S/c1-19(17,18)10-3-2-9(12(16)11(10)13)8-15-6-4-14-5-7-15/h2-3,14,16H,4-8H2,1H3. The van der Waals surface area contributed by atoms with Crippen LogP contribution in [0.15, 0.2) is 17.0 Å². The van der Waals surface area contributed by atoms with Crippen molar-refractivity contribution in [2.45, 2.75) is 11.4 Å². The van der Waals surface area contributed by atoms with E-state index < -0.39 is 26.3 Å². The summed E-state index contributed by atoms with van der Waals surface area (Å²) >= 11 is 0. The van der Waals surface area contributed by atoms with E-state index in [2.05, 4.69) is 10.2 Å². The maximum Gasteiger partial charge on any atom is 0.183 e. The number of hydrogen-bond acceptors (Lipinski definition) is 5. The molecule has 0 radical (unpaired) electrons. The van der Waals surface area contributed by atoms with Crippen LogP contribution in [0.4, 0.5) is 4.39 Å². The predicted molar refractivity (Wildman–Crippen MR) is 69.3 cm³/mol. The lowest BCUT2D eigenvalue weighted by atomic mass is 10.1. The van der Waals surface area contributed by atoms with Crippen molar-refractivity contribution in [2.75, 3.05) is 32.4 Å². The van der Waals surface area contributed by atoms with Crippen LogP contribution in [0.1, 0.15) is 5.56 Å². The van der Waals surface area contributed by atoms with Gasteiger partial charge in [0.25, 0.3) is 0 Å². The van der Waals surface area contributed by atoms with E-state index in [1.165, 1.54) is 12.1 Å². The molecule has 1 saturated heterocycles. The van der Waals surface area contributed by atoms with Crippen molar-refractivity contribution in [1.29, 1.82) is 0 Å². The normalized spacial score (nSPS) is 17.6. The van der Waals surface area contributed by atoms with Gasteiger partial charge in [0, 0.05) is 44.5 Å². The van der Waals surface area contributed by atoms with E-state index in [0.29, 0.717) is 12.1 Å². The second-order valence-electron chi connectivity index (χ2n) is 4.68. The van der Waals surface area contributed by atoms with Gasteiger partial charge in [-0.3, -0.25) is 4.90 Å². The molecule has 0 saturated carbocycles. The van der Waals surface area contributed by atoms with Gasteiger partial charge >= 0.3 is 0 Å². The zero-order valence-corrected chi connectivity index (χ0v) is 11.5. The zero-order chi connectivity index (χ0) is 14.0. The minimum atomic E-state index is -3.66. The van der Waals surface area contributed by atoms with Crippen LogP contribution in [0.25, 0.3) is 0 Å². The molecule has 19 heavy (non-hydrogen) atoms. The van der Waals surface area contributed by atoms with E-state index in [4.69, 9.17) is 0 Å². The van der Waals surface area contributed by atoms with Crippen molar-refractivity contribution in [2.24, 2.45) is 0 Å². The molecule has 1 fully saturated rings. The van der Waals surface area contributed by atoms with E-state index in [1.807, 2.05) is 0 Å². The maximum atomic E-state index is 13.9. The summed E-state index contributed by atoms with van der Waals surface area (Å²) < 4.78 is 36.5. The Bertz CT molecular complexity index is 569. The van der Waals surface area contributed by atoms with Gasteiger partial charge in [-0.05, 0) is 6.07 Å². The molecule has 0 atom stereocenters. The quantitative estimate of drug-likeness (QED) is 0.839. The number of nitrogens with zero attached hydrogens (tertiary/aromatic N) is 1. The largest absolute Gasteiger partial charge is 0.505 e. The molecule has 0 unspecified atom stereocenters. The van der Waals surface area contributed by atoms with Crippen LogP contribution in [0, 0.1) is 5.82 Å². The molecule has 1 aliphatic rings. The van der Waals surface area contributed by atoms with E-state index in [9.17, 15) is 17.9 Å². The summed E-state index contributed by atoms with van der Waals surface area (Å²) in [5.41, 5.74) is 0.409. The molecule has 1 aromatic rings. The van der Waals surface area contributed by atoms with Gasteiger partial charge in [-0.25, -0.2) is 12.8 Å².